The lowest BCUT2D eigenvalue weighted by Crippen LogP contribution is -2.50. The van der Waals surface area contributed by atoms with Crippen molar-refractivity contribution in [3.05, 3.63) is 45.7 Å². The summed E-state index contributed by atoms with van der Waals surface area (Å²) in [5.41, 5.74) is 0.713. The van der Waals surface area contributed by atoms with Gasteiger partial charge < -0.3 is 15.0 Å². The van der Waals surface area contributed by atoms with E-state index in [1.165, 1.54) is 6.07 Å². The first kappa shape index (κ1) is 18.2. The van der Waals surface area contributed by atoms with E-state index < -0.39 is 11.4 Å². The number of aromatic amines is 1. The highest BCUT2D eigenvalue weighted by atomic mass is 16.4. The van der Waals surface area contributed by atoms with Crippen LogP contribution in [0.5, 0.6) is 0 Å². The number of fused-ring (bicyclic) bond motifs is 1. The standard InChI is InChI=1S/C20H24N2O4/c1-3-7-20(19(25)26)8-4-9-22(12-20)18(24)15-11-17(23)21-16-6-5-13(2)10-14(15)16/h5-6,10-11H,3-4,7-9,12H2,1-2H3,(H,21,23)(H,25,26)/t20-/m0/s1. The van der Waals surface area contributed by atoms with Gasteiger partial charge in [0.15, 0.2) is 0 Å². The molecule has 6 heteroatoms. The molecule has 138 valence electrons. The number of likely N-dealkylation sites (tertiary alicyclic amines) is 1. The van der Waals surface area contributed by atoms with Crippen LogP contribution in [0.15, 0.2) is 29.1 Å². The molecule has 0 spiro atoms. The molecular formula is C20H24N2O4. The van der Waals surface area contributed by atoms with Crippen LogP contribution in [0.4, 0.5) is 0 Å². The lowest BCUT2D eigenvalue weighted by Gasteiger charge is -2.40. The van der Waals surface area contributed by atoms with Gasteiger partial charge in [0.1, 0.15) is 0 Å². The van der Waals surface area contributed by atoms with Crippen molar-refractivity contribution in [2.75, 3.05) is 13.1 Å². The number of carboxylic acids is 1. The van der Waals surface area contributed by atoms with E-state index in [1.807, 2.05) is 26.0 Å². The number of H-pyrrole nitrogens is 1. The molecule has 2 aromatic rings. The van der Waals surface area contributed by atoms with Crippen LogP contribution in [0.2, 0.25) is 0 Å². The molecule has 0 bridgehead atoms. The molecule has 1 fully saturated rings. The molecule has 2 heterocycles. The van der Waals surface area contributed by atoms with Gasteiger partial charge in [-0.25, -0.2) is 0 Å². The zero-order valence-electron chi connectivity index (χ0n) is 15.2. The Morgan fingerprint density at radius 2 is 2.08 bits per heavy atom. The van der Waals surface area contributed by atoms with Crippen LogP contribution < -0.4 is 5.56 Å². The van der Waals surface area contributed by atoms with Crippen LogP contribution in [-0.2, 0) is 4.79 Å². The molecule has 6 nitrogen and oxygen atoms in total. The topological polar surface area (TPSA) is 90.5 Å². The average Bonchev–Trinajstić information content (AvgIpc) is 2.61. The van der Waals surface area contributed by atoms with E-state index in [-0.39, 0.29) is 18.0 Å². The zero-order valence-corrected chi connectivity index (χ0v) is 15.2. The van der Waals surface area contributed by atoms with Gasteiger partial charge in [0.25, 0.3) is 5.91 Å². The van der Waals surface area contributed by atoms with Gasteiger partial charge >= 0.3 is 5.97 Å². The fourth-order valence-electron chi connectivity index (χ4n) is 3.98. The number of aliphatic carboxylic acids is 1. The number of benzene rings is 1. The number of pyridine rings is 1. The Morgan fingerprint density at radius 1 is 1.31 bits per heavy atom. The second kappa shape index (κ2) is 6.94. The van der Waals surface area contributed by atoms with Gasteiger partial charge in [-0.05, 0) is 38.3 Å². The molecule has 0 radical (unpaired) electrons. The third-order valence-corrected chi connectivity index (χ3v) is 5.28. The molecule has 0 unspecified atom stereocenters. The SMILES string of the molecule is CCC[C@]1(C(=O)O)CCCN(C(=O)c2cc(=O)[nH]c3ccc(C)cc23)C1. The van der Waals surface area contributed by atoms with Gasteiger partial charge in [0.2, 0.25) is 5.56 Å². The number of carbonyl (C=O) groups excluding carboxylic acids is 1. The quantitative estimate of drug-likeness (QED) is 0.881. The van der Waals surface area contributed by atoms with E-state index in [0.29, 0.717) is 42.3 Å². The van der Waals surface area contributed by atoms with Crippen molar-refractivity contribution in [1.29, 1.82) is 0 Å². The number of nitrogens with one attached hydrogen (secondary N) is 1. The molecule has 1 aliphatic heterocycles. The summed E-state index contributed by atoms with van der Waals surface area (Å²) in [7, 11) is 0. The van der Waals surface area contributed by atoms with E-state index in [0.717, 1.165) is 12.0 Å². The number of amides is 1. The van der Waals surface area contributed by atoms with Crippen molar-refractivity contribution < 1.29 is 14.7 Å². The lowest BCUT2D eigenvalue weighted by molar-refractivity contribution is -0.152. The maximum Gasteiger partial charge on any atom is 0.311 e. The second-order valence-electron chi connectivity index (χ2n) is 7.26. The number of carbonyl (C=O) groups is 2. The van der Waals surface area contributed by atoms with E-state index in [1.54, 1.807) is 11.0 Å². The van der Waals surface area contributed by atoms with Crippen LogP contribution in [0.1, 0.15) is 48.5 Å². The molecular weight excluding hydrogens is 332 g/mol. The summed E-state index contributed by atoms with van der Waals surface area (Å²) in [6.45, 7) is 4.58. The summed E-state index contributed by atoms with van der Waals surface area (Å²) in [5, 5.41) is 10.4. The van der Waals surface area contributed by atoms with E-state index >= 15 is 0 Å². The summed E-state index contributed by atoms with van der Waals surface area (Å²) in [4.78, 5) is 41.4. The Kier molecular flexibility index (Phi) is 4.85. The van der Waals surface area contributed by atoms with Crippen molar-refractivity contribution in [3.8, 4) is 0 Å². The van der Waals surface area contributed by atoms with Crippen molar-refractivity contribution in [2.24, 2.45) is 5.41 Å². The maximum absolute atomic E-state index is 13.2. The first-order valence-electron chi connectivity index (χ1n) is 9.03. The molecule has 1 aromatic carbocycles. The number of hydrogen-bond donors (Lipinski definition) is 2. The van der Waals surface area contributed by atoms with Gasteiger partial charge in [0, 0.05) is 30.1 Å². The number of aryl methyl sites for hydroxylation is 1. The number of aromatic nitrogens is 1. The molecule has 1 aliphatic rings. The lowest BCUT2D eigenvalue weighted by atomic mass is 9.76. The maximum atomic E-state index is 13.2. The van der Waals surface area contributed by atoms with E-state index in [4.69, 9.17) is 0 Å². The molecule has 1 amide bonds. The Hall–Kier alpha value is -2.63. The van der Waals surface area contributed by atoms with E-state index in [2.05, 4.69) is 4.98 Å². The molecule has 0 saturated carbocycles. The molecule has 3 rings (SSSR count). The minimum Gasteiger partial charge on any atom is -0.481 e. The molecule has 1 atom stereocenters. The van der Waals surface area contributed by atoms with Gasteiger partial charge in [-0.2, -0.15) is 0 Å². The molecule has 26 heavy (non-hydrogen) atoms. The van der Waals surface area contributed by atoms with Crippen molar-refractivity contribution in [1.82, 2.24) is 9.88 Å². The summed E-state index contributed by atoms with van der Waals surface area (Å²) in [6.07, 6.45) is 2.52. The predicted molar refractivity (Wildman–Crippen MR) is 99.4 cm³/mol. The normalized spacial score (nSPS) is 20.3. The smallest absolute Gasteiger partial charge is 0.311 e. The van der Waals surface area contributed by atoms with Crippen LogP contribution in [0.3, 0.4) is 0 Å². The minimum absolute atomic E-state index is 0.190. The number of nitrogens with zero attached hydrogens (tertiary/aromatic N) is 1. The van der Waals surface area contributed by atoms with Crippen LogP contribution in [-0.4, -0.2) is 40.0 Å². The van der Waals surface area contributed by atoms with Crippen LogP contribution >= 0.6 is 0 Å². The second-order valence-corrected chi connectivity index (χ2v) is 7.26. The fraction of sp³-hybridized carbons (Fsp3) is 0.450. The van der Waals surface area contributed by atoms with E-state index in [9.17, 15) is 19.5 Å². The highest BCUT2D eigenvalue weighted by molar-refractivity contribution is 6.06. The Bertz CT molecular complexity index is 914. The largest absolute Gasteiger partial charge is 0.481 e. The number of piperidine rings is 1. The minimum atomic E-state index is -0.893. The Morgan fingerprint density at radius 3 is 2.77 bits per heavy atom. The van der Waals surface area contributed by atoms with Gasteiger partial charge in [-0.1, -0.05) is 25.0 Å². The summed E-state index contributed by atoms with van der Waals surface area (Å²) in [6, 6.07) is 6.86. The number of carboxylic acid groups (broad SMARTS) is 1. The number of rotatable bonds is 4. The van der Waals surface area contributed by atoms with Crippen molar-refractivity contribution >= 4 is 22.8 Å². The summed E-state index contributed by atoms with van der Waals surface area (Å²) in [5.74, 6) is -1.11. The third-order valence-electron chi connectivity index (χ3n) is 5.28. The summed E-state index contributed by atoms with van der Waals surface area (Å²) < 4.78 is 0. The number of hydrogen-bond acceptors (Lipinski definition) is 3. The predicted octanol–water partition coefficient (Wildman–Crippen LogP) is 2.94. The molecule has 1 aromatic heterocycles. The van der Waals surface area contributed by atoms with Gasteiger partial charge in [0.05, 0.1) is 11.0 Å². The molecule has 2 N–H and O–H groups in total. The highest BCUT2D eigenvalue weighted by Gasteiger charge is 2.43. The first-order chi connectivity index (χ1) is 12.4. The fourth-order valence-corrected chi connectivity index (χ4v) is 3.98. The van der Waals surface area contributed by atoms with Crippen LogP contribution in [0, 0.1) is 12.3 Å². The van der Waals surface area contributed by atoms with Gasteiger partial charge in [-0.15, -0.1) is 0 Å². The van der Waals surface area contributed by atoms with Crippen molar-refractivity contribution in [3.63, 3.8) is 0 Å². The monoisotopic (exact) mass is 356 g/mol. The molecule has 1 saturated heterocycles. The van der Waals surface area contributed by atoms with Gasteiger partial charge in [-0.3, -0.25) is 14.4 Å². The molecule has 0 aliphatic carbocycles. The average molecular weight is 356 g/mol. The highest BCUT2D eigenvalue weighted by Crippen LogP contribution is 2.36. The Labute approximate surface area is 151 Å². The third kappa shape index (κ3) is 3.23. The van der Waals surface area contributed by atoms with Crippen molar-refractivity contribution in [2.45, 2.75) is 39.5 Å². The zero-order chi connectivity index (χ0) is 18.9. The first-order valence-corrected chi connectivity index (χ1v) is 9.03. The Balaban J connectivity index is 2.01. The summed E-state index contributed by atoms with van der Waals surface area (Å²) >= 11 is 0. The van der Waals surface area contributed by atoms with Crippen LogP contribution in [0.25, 0.3) is 10.9 Å².